The third kappa shape index (κ3) is 3.80. The van der Waals surface area contributed by atoms with Crippen LogP contribution in [0, 0.1) is 5.92 Å². The SMILES string of the molecule is COCC(N)C(=O)N(C)CC1CCCC1. The van der Waals surface area contributed by atoms with Crippen LogP contribution in [0.5, 0.6) is 0 Å². The number of hydrogen-bond donors (Lipinski definition) is 1. The molecule has 0 bridgehead atoms. The van der Waals surface area contributed by atoms with Gasteiger partial charge in [0.25, 0.3) is 0 Å². The molecular formula is C11H22N2O2. The molecular weight excluding hydrogens is 192 g/mol. The summed E-state index contributed by atoms with van der Waals surface area (Å²) in [4.78, 5) is 13.5. The van der Waals surface area contributed by atoms with Crippen LogP contribution in [0.15, 0.2) is 0 Å². The van der Waals surface area contributed by atoms with E-state index in [-0.39, 0.29) is 5.91 Å². The smallest absolute Gasteiger partial charge is 0.241 e. The first kappa shape index (κ1) is 12.5. The van der Waals surface area contributed by atoms with Crippen molar-refractivity contribution in [2.24, 2.45) is 11.7 Å². The number of methoxy groups -OCH3 is 1. The van der Waals surface area contributed by atoms with Crippen LogP contribution in [0.4, 0.5) is 0 Å². The second kappa shape index (κ2) is 6.08. The number of ether oxygens (including phenoxy) is 1. The van der Waals surface area contributed by atoms with Crippen LogP contribution in [-0.2, 0) is 9.53 Å². The Balaban J connectivity index is 2.31. The van der Waals surface area contributed by atoms with E-state index in [1.807, 2.05) is 7.05 Å². The van der Waals surface area contributed by atoms with Gasteiger partial charge in [-0.2, -0.15) is 0 Å². The molecule has 1 aliphatic carbocycles. The summed E-state index contributed by atoms with van der Waals surface area (Å²) in [5.41, 5.74) is 5.69. The van der Waals surface area contributed by atoms with Gasteiger partial charge in [0.15, 0.2) is 0 Å². The van der Waals surface area contributed by atoms with E-state index in [1.54, 1.807) is 12.0 Å². The molecule has 2 N–H and O–H groups in total. The summed E-state index contributed by atoms with van der Waals surface area (Å²) in [7, 11) is 3.39. The van der Waals surface area contributed by atoms with E-state index in [9.17, 15) is 4.79 Å². The van der Waals surface area contributed by atoms with Crippen molar-refractivity contribution in [3.8, 4) is 0 Å². The quantitative estimate of drug-likeness (QED) is 0.729. The van der Waals surface area contributed by atoms with Crippen molar-refractivity contribution in [3.63, 3.8) is 0 Å². The molecule has 1 aliphatic rings. The van der Waals surface area contributed by atoms with E-state index in [0.717, 1.165) is 6.54 Å². The van der Waals surface area contributed by atoms with E-state index in [0.29, 0.717) is 12.5 Å². The lowest BCUT2D eigenvalue weighted by atomic mass is 10.1. The molecule has 1 unspecified atom stereocenters. The summed E-state index contributed by atoms with van der Waals surface area (Å²) >= 11 is 0. The molecule has 1 fully saturated rings. The highest BCUT2D eigenvalue weighted by Crippen LogP contribution is 2.25. The molecule has 0 spiro atoms. The second-order valence-corrected chi connectivity index (χ2v) is 4.43. The summed E-state index contributed by atoms with van der Waals surface area (Å²) in [6, 6.07) is -0.513. The van der Waals surface area contributed by atoms with Crippen LogP contribution in [0.1, 0.15) is 25.7 Å². The van der Waals surface area contributed by atoms with Gasteiger partial charge in [0.05, 0.1) is 6.61 Å². The summed E-state index contributed by atoms with van der Waals surface area (Å²) in [5.74, 6) is 0.664. The Morgan fingerprint density at radius 1 is 1.53 bits per heavy atom. The number of nitrogens with zero attached hydrogens (tertiary/aromatic N) is 1. The lowest BCUT2D eigenvalue weighted by Crippen LogP contribution is -2.45. The Bertz CT molecular complexity index is 203. The normalized spacial score (nSPS) is 19.1. The third-order valence-corrected chi connectivity index (χ3v) is 3.05. The number of carbonyl (C=O) groups is 1. The predicted molar refractivity (Wildman–Crippen MR) is 59.4 cm³/mol. The zero-order valence-electron chi connectivity index (χ0n) is 9.74. The van der Waals surface area contributed by atoms with Crippen LogP contribution >= 0.6 is 0 Å². The molecule has 0 aromatic rings. The molecule has 88 valence electrons. The number of carbonyl (C=O) groups excluding carboxylic acids is 1. The molecule has 0 heterocycles. The first-order valence-corrected chi connectivity index (χ1v) is 5.64. The molecule has 0 aliphatic heterocycles. The Morgan fingerprint density at radius 3 is 2.67 bits per heavy atom. The van der Waals surface area contributed by atoms with Gasteiger partial charge < -0.3 is 15.4 Å². The van der Waals surface area contributed by atoms with Crippen molar-refractivity contribution in [3.05, 3.63) is 0 Å². The van der Waals surface area contributed by atoms with Gasteiger partial charge in [0.2, 0.25) is 5.91 Å². The monoisotopic (exact) mass is 214 g/mol. The van der Waals surface area contributed by atoms with E-state index < -0.39 is 6.04 Å². The zero-order chi connectivity index (χ0) is 11.3. The van der Waals surface area contributed by atoms with Crippen molar-refractivity contribution in [2.45, 2.75) is 31.7 Å². The summed E-state index contributed by atoms with van der Waals surface area (Å²) in [6.07, 6.45) is 5.10. The average molecular weight is 214 g/mol. The van der Waals surface area contributed by atoms with Gasteiger partial charge in [-0.1, -0.05) is 12.8 Å². The molecule has 0 radical (unpaired) electrons. The Labute approximate surface area is 91.8 Å². The van der Waals surface area contributed by atoms with Gasteiger partial charge in [-0.15, -0.1) is 0 Å². The molecule has 0 aromatic heterocycles. The highest BCUT2D eigenvalue weighted by Gasteiger charge is 2.22. The predicted octanol–water partition coefficient (Wildman–Crippen LogP) is 0.609. The summed E-state index contributed by atoms with van der Waals surface area (Å²) < 4.78 is 4.87. The minimum absolute atomic E-state index is 0.0104. The number of rotatable bonds is 5. The van der Waals surface area contributed by atoms with Crippen molar-refractivity contribution < 1.29 is 9.53 Å². The Kier molecular flexibility index (Phi) is 5.05. The molecule has 1 rings (SSSR count). The highest BCUT2D eigenvalue weighted by atomic mass is 16.5. The van der Waals surface area contributed by atoms with Crippen molar-refractivity contribution in [1.29, 1.82) is 0 Å². The third-order valence-electron chi connectivity index (χ3n) is 3.05. The second-order valence-electron chi connectivity index (χ2n) is 4.43. The Hall–Kier alpha value is -0.610. The van der Waals surface area contributed by atoms with Gasteiger partial charge in [-0.25, -0.2) is 0 Å². The maximum absolute atomic E-state index is 11.7. The number of hydrogen-bond acceptors (Lipinski definition) is 3. The van der Waals surface area contributed by atoms with E-state index in [4.69, 9.17) is 10.5 Å². The van der Waals surface area contributed by atoms with Crippen LogP contribution in [0.25, 0.3) is 0 Å². The maximum atomic E-state index is 11.7. The minimum Gasteiger partial charge on any atom is -0.383 e. The molecule has 0 saturated heterocycles. The first-order chi connectivity index (χ1) is 7.15. The van der Waals surface area contributed by atoms with Gasteiger partial charge in [0, 0.05) is 20.7 Å². The number of nitrogens with two attached hydrogens (primary N) is 1. The van der Waals surface area contributed by atoms with E-state index in [1.165, 1.54) is 25.7 Å². The topological polar surface area (TPSA) is 55.6 Å². The minimum atomic E-state index is -0.513. The van der Waals surface area contributed by atoms with Crippen LogP contribution in [0.2, 0.25) is 0 Å². The van der Waals surface area contributed by atoms with Crippen LogP contribution in [-0.4, -0.2) is 44.2 Å². The number of amides is 1. The fraction of sp³-hybridized carbons (Fsp3) is 0.909. The summed E-state index contributed by atoms with van der Waals surface area (Å²) in [6.45, 7) is 1.14. The highest BCUT2D eigenvalue weighted by molar-refractivity contribution is 5.81. The lowest BCUT2D eigenvalue weighted by Gasteiger charge is -2.23. The lowest BCUT2D eigenvalue weighted by molar-refractivity contribution is -0.133. The first-order valence-electron chi connectivity index (χ1n) is 5.64. The van der Waals surface area contributed by atoms with Crippen molar-refractivity contribution in [1.82, 2.24) is 4.90 Å². The molecule has 1 amide bonds. The van der Waals surface area contributed by atoms with Gasteiger partial charge >= 0.3 is 0 Å². The zero-order valence-corrected chi connectivity index (χ0v) is 9.74. The molecule has 4 heteroatoms. The van der Waals surface area contributed by atoms with E-state index >= 15 is 0 Å². The fourth-order valence-electron chi connectivity index (χ4n) is 2.20. The molecule has 4 nitrogen and oxygen atoms in total. The molecule has 1 atom stereocenters. The van der Waals surface area contributed by atoms with Gasteiger partial charge in [-0.05, 0) is 18.8 Å². The van der Waals surface area contributed by atoms with Crippen molar-refractivity contribution in [2.75, 3.05) is 27.3 Å². The molecule has 15 heavy (non-hydrogen) atoms. The van der Waals surface area contributed by atoms with Crippen LogP contribution < -0.4 is 5.73 Å². The number of likely N-dealkylation sites (N-methyl/N-ethyl adjacent to an activating group) is 1. The molecule has 1 saturated carbocycles. The van der Waals surface area contributed by atoms with Crippen LogP contribution in [0.3, 0.4) is 0 Å². The standard InChI is InChI=1S/C11H22N2O2/c1-13(7-9-5-3-4-6-9)11(14)10(12)8-15-2/h9-10H,3-8,12H2,1-2H3. The Morgan fingerprint density at radius 2 is 2.13 bits per heavy atom. The fourth-order valence-corrected chi connectivity index (χ4v) is 2.20. The maximum Gasteiger partial charge on any atom is 0.241 e. The van der Waals surface area contributed by atoms with Gasteiger partial charge in [-0.3, -0.25) is 4.79 Å². The summed E-state index contributed by atoms with van der Waals surface area (Å²) in [5, 5.41) is 0. The average Bonchev–Trinajstić information content (AvgIpc) is 2.69. The van der Waals surface area contributed by atoms with Crippen molar-refractivity contribution >= 4 is 5.91 Å². The van der Waals surface area contributed by atoms with Gasteiger partial charge in [0.1, 0.15) is 6.04 Å². The largest absolute Gasteiger partial charge is 0.383 e. The van der Waals surface area contributed by atoms with E-state index in [2.05, 4.69) is 0 Å². The molecule has 0 aromatic carbocycles.